The van der Waals surface area contributed by atoms with Crippen LogP contribution in [0.3, 0.4) is 0 Å². The van der Waals surface area contributed by atoms with Crippen molar-refractivity contribution in [2.45, 2.75) is 31.2 Å². The Hall–Kier alpha value is -1.56. The number of aromatic nitrogens is 4. The molecule has 0 aliphatic rings. The number of anilines is 1. The van der Waals surface area contributed by atoms with Crippen molar-refractivity contribution in [3.63, 3.8) is 0 Å². The molecule has 2 N–H and O–H groups in total. The molecule has 0 unspecified atom stereocenters. The molecule has 0 fully saturated rings. The summed E-state index contributed by atoms with van der Waals surface area (Å²) in [5, 5.41) is 11.1. The molecule has 0 radical (unpaired) electrons. The fraction of sp³-hybridized carbons (Fsp3) is 0.417. The molecule has 18 heavy (non-hydrogen) atoms. The van der Waals surface area contributed by atoms with Crippen LogP contribution in [0.25, 0.3) is 0 Å². The quantitative estimate of drug-likeness (QED) is 0.784. The van der Waals surface area contributed by atoms with Crippen molar-refractivity contribution in [2.24, 2.45) is 0 Å². The summed E-state index contributed by atoms with van der Waals surface area (Å²) in [6, 6.07) is 4.04. The molecule has 0 spiro atoms. The van der Waals surface area contributed by atoms with Gasteiger partial charge in [-0.15, -0.1) is 5.10 Å². The topological polar surface area (TPSA) is 66.5 Å². The average Bonchev–Trinajstić information content (AvgIpc) is 2.81. The van der Waals surface area contributed by atoms with Crippen LogP contribution in [0.1, 0.15) is 24.7 Å². The number of pyridine rings is 1. The Morgan fingerprint density at radius 3 is 3.06 bits per heavy atom. The summed E-state index contributed by atoms with van der Waals surface area (Å²) in [5.41, 5.74) is 1.18. The zero-order valence-electron chi connectivity index (χ0n) is 10.6. The highest BCUT2D eigenvalue weighted by atomic mass is 32.2. The lowest BCUT2D eigenvalue weighted by molar-refractivity contribution is 0.961. The van der Waals surface area contributed by atoms with Crippen molar-refractivity contribution in [1.29, 1.82) is 0 Å². The first-order chi connectivity index (χ1) is 8.79. The molecular formula is C12H17N5S. The van der Waals surface area contributed by atoms with Gasteiger partial charge >= 0.3 is 0 Å². The van der Waals surface area contributed by atoms with Gasteiger partial charge in [0.1, 0.15) is 11.6 Å². The molecule has 2 aromatic heterocycles. The van der Waals surface area contributed by atoms with Crippen molar-refractivity contribution < 1.29 is 0 Å². The van der Waals surface area contributed by atoms with Crippen molar-refractivity contribution in [2.75, 3.05) is 11.9 Å². The van der Waals surface area contributed by atoms with Crippen LogP contribution in [0, 0.1) is 6.92 Å². The van der Waals surface area contributed by atoms with Crippen LogP contribution < -0.4 is 5.32 Å². The molecule has 5 nitrogen and oxygen atoms in total. The van der Waals surface area contributed by atoms with Crippen molar-refractivity contribution in [3.8, 4) is 0 Å². The van der Waals surface area contributed by atoms with Gasteiger partial charge in [0.05, 0.1) is 0 Å². The molecule has 96 valence electrons. The number of nitrogens with one attached hydrogen (secondary N) is 2. The number of thioether (sulfide) groups is 1. The van der Waals surface area contributed by atoms with Gasteiger partial charge in [0.2, 0.25) is 5.16 Å². The Bertz CT molecular complexity index is 497. The fourth-order valence-electron chi connectivity index (χ4n) is 1.49. The molecule has 2 aromatic rings. The minimum atomic E-state index is 0.776. The van der Waals surface area contributed by atoms with Gasteiger partial charge in [-0.3, -0.25) is 5.10 Å². The van der Waals surface area contributed by atoms with Crippen LogP contribution in [0.5, 0.6) is 0 Å². The van der Waals surface area contributed by atoms with Crippen LogP contribution in [0.4, 0.5) is 5.82 Å². The molecule has 2 heterocycles. The van der Waals surface area contributed by atoms with Gasteiger partial charge in [-0.2, -0.15) is 0 Å². The maximum absolute atomic E-state index is 4.36. The molecule has 0 atom stereocenters. The molecule has 0 aliphatic carbocycles. The molecule has 0 saturated heterocycles. The molecule has 6 heteroatoms. The zero-order chi connectivity index (χ0) is 12.8. The summed E-state index contributed by atoms with van der Waals surface area (Å²) in [5.74, 6) is 2.61. The molecule has 0 bridgehead atoms. The van der Waals surface area contributed by atoms with Crippen LogP contribution in [-0.4, -0.2) is 26.7 Å². The highest BCUT2D eigenvalue weighted by molar-refractivity contribution is 7.98. The SMILES string of the molecule is CCCNc1ncccc1CSc1n[nH]c(C)n1. The van der Waals surface area contributed by atoms with E-state index in [2.05, 4.69) is 38.5 Å². The van der Waals surface area contributed by atoms with E-state index in [0.29, 0.717) is 0 Å². The average molecular weight is 263 g/mol. The van der Waals surface area contributed by atoms with E-state index < -0.39 is 0 Å². The van der Waals surface area contributed by atoms with Gasteiger partial charge in [0, 0.05) is 24.1 Å². The Balaban J connectivity index is 1.99. The van der Waals surface area contributed by atoms with Gasteiger partial charge in [0.15, 0.2) is 0 Å². The number of aromatic amines is 1. The first-order valence-electron chi connectivity index (χ1n) is 5.99. The van der Waals surface area contributed by atoms with Crippen LogP contribution in [0.2, 0.25) is 0 Å². The van der Waals surface area contributed by atoms with Gasteiger partial charge in [-0.25, -0.2) is 9.97 Å². The largest absolute Gasteiger partial charge is 0.370 e. The maximum Gasteiger partial charge on any atom is 0.208 e. The van der Waals surface area contributed by atoms with E-state index in [0.717, 1.165) is 35.5 Å². The molecule has 0 amide bonds. The lowest BCUT2D eigenvalue weighted by Gasteiger charge is -2.08. The first kappa shape index (κ1) is 12.9. The third-order valence-corrected chi connectivity index (χ3v) is 3.26. The Kier molecular flexibility index (Phi) is 4.58. The summed E-state index contributed by atoms with van der Waals surface area (Å²) >= 11 is 1.61. The van der Waals surface area contributed by atoms with Gasteiger partial charge in [-0.05, 0) is 19.4 Å². The van der Waals surface area contributed by atoms with E-state index in [1.165, 1.54) is 5.56 Å². The molecule has 2 rings (SSSR count). The number of rotatable bonds is 6. The summed E-state index contributed by atoms with van der Waals surface area (Å²) < 4.78 is 0. The van der Waals surface area contributed by atoms with E-state index in [1.54, 1.807) is 11.8 Å². The van der Waals surface area contributed by atoms with E-state index in [1.807, 2.05) is 19.2 Å². The lowest BCUT2D eigenvalue weighted by atomic mass is 10.3. The second-order valence-corrected chi connectivity index (χ2v) is 4.87. The normalized spacial score (nSPS) is 10.6. The number of aryl methyl sites for hydroxylation is 1. The number of H-pyrrole nitrogens is 1. The highest BCUT2D eigenvalue weighted by Crippen LogP contribution is 2.22. The van der Waals surface area contributed by atoms with Gasteiger partial charge in [0.25, 0.3) is 0 Å². The number of nitrogens with zero attached hydrogens (tertiary/aromatic N) is 3. The van der Waals surface area contributed by atoms with E-state index in [4.69, 9.17) is 0 Å². The van der Waals surface area contributed by atoms with Gasteiger partial charge in [-0.1, -0.05) is 24.8 Å². The molecule has 0 aliphatic heterocycles. The standard InChI is InChI=1S/C12H17N5S/c1-3-6-13-11-10(5-4-7-14-11)8-18-12-15-9(2)16-17-12/h4-5,7H,3,6,8H2,1-2H3,(H,13,14)(H,15,16,17). The smallest absolute Gasteiger partial charge is 0.208 e. The summed E-state index contributed by atoms with van der Waals surface area (Å²) in [7, 11) is 0. The predicted molar refractivity (Wildman–Crippen MR) is 73.7 cm³/mol. The van der Waals surface area contributed by atoms with Gasteiger partial charge < -0.3 is 5.32 Å². The molecular weight excluding hydrogens is 246 g/mol. The van der Waals surface area contributed by atoms with Crippen LogP contribution in [-0.2, 0) is 5.75 Å². The van der Waals surface area contributed by atoms with Crippen molar-refractivity contribution in [1.82, 2.24) is 20.2 Å². The highest BCUT2D eigenvalue weighted by Gasteiger charge is 2.06. The minimum Gasteiger partial charge on any atom is -0.370 e. The second kappa shape index (κ2) is 6.39. The monoisotopic (exact) mass is 263 g/mol. The Labute approximate surface area is 111 Å². The zero-order valence-corrected chi connectivity index (χ0v) is 11.4. The molecule has 0 aromatic carbocycles. The first-order valence-corrected chi connectivity index (χ1v) is 6.97. The summed E-state index contributed by atoms with van der Waals surface area (Å²) in [4.78, 5) is 8.63. The van der Waals surface area contributed by atoms with Crippen molar-refractivity contribution in [3.05, 3.63) is 29.7 Å². The number of hydrogen-bond acceptors (Lipinski definition) is 5. The Morgan fingerprint density at radius 1 is 1.44 bits per heavy atom. The summed E-state index contributed by atoms with van der Waals surface area (Å²) in [6.07, 6.45) is 2.90. The van der Waals surface area contributed by atoms with Crippen LogP contribution in [0.15, 0.2) is 23.5 Å². The van der Waals surface area contributed by atoms with E-state index in [9.17, 15) is 0 Å². The summed E-state index contributed by atoms with van der Waals surface area (Å²) in [6.45, 7) is 4.98. The maximum atomic E-state index is 4.36. The Morgan fingerprint density at radius 2 is 2.33 bits per heavy atom. The van der Waals surface area contributed by atoms with E-state index in [-0.39, 0.29) is 0 Å². The van der Waals surface area contributed by atoms with Crippen LogP contribution >= 0.6 is 11.8 Å². The van der Waals surface area contributed by atoms with E-state index >= 15 is 0 Å². The van der Waals surface area contributed by atoms with Crippen molar-refractivity contribution >= 4 is 17.6 Å². The third kappa shape index (κ3) is 3.46. The minimum absolute atomic E-state index is 0.776. The predicted octanol–water partition coefficient (Wildman–Crippen LogP) is 2.62. The third-order valence-electron chi connectivity index (χ3n) is 2.37. The lowest BCUT2D eigenvalue weighted by Crippen LogP contribution is -2.04. The second-order valence-electron chi connectivity index (χ2n) is 3.93. The molecule has 0 saturated carbocycles. The number of hydrogen-bond donors (Lipinski definition) is 2. The fourth-order valence-corrected chi connectivity index (χ4v) is 2.32.